The molecular formula is C15H21ClN4. The lowest BCUT2D eigenvalue weighted by Crippen LogP contribution is -2.42. The molecule has 3 rings (SSSR count). The zero-order valence-electron chi connectivity index (χ0n) is 11.8. The van der Waals surface area contributed by atoms with Crippen LogP contribution in [0.5, 0.6) is 0 Å². The second-order valence-corrected chi connectivity index (χ2v) is 6.28. The molecule has 3 heterocycles. The number of nitrogens with two attached hydrogens (primary N) is 1. The van der Waals surface area contributed by atoms with Gasteiger partial charge in [-0.2, -0.15) is 0 Å². The maximum absolute atomic E-state index is 6.00. The largest absolute Gasteiger partial charge is 0.330 e. The van der Waals surface area contributed by atoms with Gasteiger partial charge in [0.2, 0.25) is 0 Å². The molecule has 2 N–H and O–H groups in total. The van der Waals surface area contributed by atoms with Gasteiger partial charge in [-0.1, -0.05) is 18.5 Å². The third-order valence-corrected chi connectivity index (χ3v) is 4.57. The van der Waals surface area contributed by atoms with Gasteiger partial charge in [-0.25, -0.2) is 4.98 Å². The first-order valence-electron chi connectivity index (χ1n) is 7.21. The zero-order chi connectivity index (χ0) is 14.1. The second kappa shape index (κ2) is 5.72. The number of aromatic nitrogens is 2. The van der Waals surface area contributed by atoms with Crippen molar-refractivity contribution in [2.75, 3.05) is 19.6 Å². The number of nitrogens with zero attached hydrogens (tertiary/aromatic N) is 3. The monoisotopic (exact) mass is 292 g/mol. The summed E-state index contributed by atoms with van der Waals surface area (Å²) in [6.45, 7) is 6.18. The summed E-state index contributed by atoms with van der Waals surface area (Å²) in [6, 6.07) is 3.83. The van der Waals surface area contributed by atoms with E-state index in [0.29, 0.717) is 5.92 Å². The first-order chi connectivity index (χ1) is 9.65. The van der Waals surface area contributed by atoms with Crippen molar-refractivity contribution >= 4 is 17.2 Å². The average molecular weight is 293 g/mol. The highest BCUT2D eigenvalue weighted by atomic mass is 35.5. The van der Waals surface area contributed by atoms with Crippen molar-refractivity contribution in [3.05, 3.63) is 35.2 Å². The quantitative estimate of drug-likeness (QED) is 0.945. The van der Waals surface area contributed by atoms with E-state index < -0.39 is 0 Å². The molecule has 1 aliphatic heterocycles. The zero-order valence-corrected chi connectivity index (χ0v) is 12.6. The van der Waals surface area contributed by atoms with Crippen LogP contribution < -0.4 is 5.73 Å². The molecule has 2 aromatic rings. The molecule has 0 spiro atoms. The Morgan fingerprint density at radius 2 is 2.25 bits per heavy atom. The van der Waals surface area contributed by atoms with Crippen molar-refractivity contribution in [1.82, 2.24) is 14.3 Å². The van der Waals surface area contributed by atoms with E-state index in [4.69, 9.17) is 17.3 Å². The fraction of sp³-hybridized carbons (Fsp3) is 0.533. The van der Waals surface area contributed by atoms with E-state index >= 15 is 0 Å². The van der Waals surface area contributed by atoms with Crippen molar-refractivity contribution in [2.45, 2.75) is 19.9 Å². The number of rotatable bonds is 3. The third-order valence-electron chi connectivity index (χ3n) is 4.35. The van der Waals surface area contributed by atoms with Crippen molar-refractivity contribution in [1.29, 1.82) is 0 Å². The van der Waals surface area contributed by atoms with E-state index in [9.17, 15) is 0 Å². The fourth-order valence-electron chi connectivity index (χ4n) is 3.00. The van der Waals surface area contributed by atoms with Crippen LogP contribution >= 0.6 is 11.6 Å². The van der Waals surface area contributed by atoms with Crippen molar-refractivity contribution in [3.63, 3.8) is 0 Å². The van der Waals surface area contributed by atoms with Crippen LogP contribution in [0.15, 0.2) is 24.5 Å². The Hall–Kier alpha value is -1.10. The Bertz CT molecular complexity index is 595. The van der Waals surface area contributed by atoms with Crippen LogP contribution in [0.1, 0.15) is 19.0 Å². The molecule has 2 unspecified atom stereocenters. The van der Waals surface area contributed by atoms with Gasteiger partial charge in [-0.3, -0.25) is 4.90 Å². The molecule has 0 amide bonds. The lowest BCUT2D eigenvalue weighted by molar-refractivity contribution is 0.125. The van der Waals surface area contributed by atoms with E-state index in [1.165, 1.54) is 6.42 Å². The second-order valence-electron chi connectivity index (χ2n) is 5.84. The van der Waals surface area contributed by atoms with Crippen LogP contribution in [0.25, 0.3) is 5.65 Å². The summed E-state index contributed by atoms with van der Waals surface area (Å²) in [5.74, 6) is 1.34. The van der Waals surface area contributed by atoms with Gasteiger partial charge in [-0.15, -0.1) is 0 Å². The predicted molar refractivity (Wildman–Crippen MR) is 81.8 cm³/mol. The normalized spacial score (nSPS) is 24.4. The molecule has 0 saturated carbocycles. The van der Waals surface area contributed by atoms with Gasteiger partial charge in [0.15, 0.2) is 0 Å². The molecule has 2 atom stereocenters. The minimum Gasteiger partial charge on any atom is -0.330 e. The smallest absolute Gasteiger partial charge is 0.137 e. The molecule has 0 bridgehead atoms. The molecule has 2 aromatic heterocycles. The number of imidazole rings is 1. The lowest BCUT2D eigenvalue weighted by Gasteiger charge is -2.36. The summed E-state index contributed by atoms with van der Waals surface area (Å²) in [5.41, 5.74) is 7.91. The van der Waals surface area contributed by atoms with E-state index in [0.717, 1.165) is 48.5 Å². The number of fused-ring (bicyclic) bond motifs is 1. The topological polar surface area (TPSA) is 46.6 Å². The number of hydrogen-bond donors (Lipinski definition) is 1. The number of likely N-dealkylation sites (tertiary alicyclic amines) is 1. The number of halogens is 1. The van der Waals surface area contributed by atoms with Crippen LogP contribution in [-0.4, -0.2) is 33.9 Å². The Kier molecular flexibility index (Phi) is 3.96. The molecule has 0 radical (unpaired) electrons. The summed E-state index contributed by atoms with van der Waals surface area (Å²) >= 11 is 6.00. The highest BCUT2D eigenvalue weighted by molar-refractivity contribution is 6.30. The molecule has 4 nitrogen and oxygen atoms in total. The molecule has 1 fully saturated rings. The molecule has 108 valence electrons. The van der Waals surface area contributed by atoms with Gasteiger partial charge >= 0.3 is 0 Å². The number of hydrogen-bond acceptors (Lipinski definition) is 3. The van der Waals surface area contributed by atoms with Crippen LogP contribution in [-0.2, 0) is 6.54 Å². The average Bonchev–Trinajstić information content (AvgIpc) is 2.82. The van der Waals surface area contributed by atoms with Crippen LogP contribution in [0, 0.1) is 11.8 Å². The fourth-order valence-corrected chi connectivity index (χ4v) is 3.17. The molecule has 5 heteroatoms. The summed E-state index contributed by atoms with van der Waals surface area (Å²) < 4.78 is 1.99. The summed E-state index contributed by atoms with van der Waals surface area (Å²) in [4.78, 5) is 7.11. The molecule has 1 saturated heterocycles. The van der Waals surface area contributed by atoms with Crippen LogP contribution in [0.4, 0.5) is 0 Å². The summed E-state index contributed by atoms with van der Waals surface area (Å²) in [7, 11) is 0. The van der Waals surface area contributed by atoms with E-state index in [1.54, 1.807) is 0 Å². The number of piperidine rings is 1. The van der Waals surface area contributed by atoms with Gasteiger partial charge in [-0.05, 0) is 43.5 Å². The van der Waals surface area contributed by atoms with Crippen LogP contribution in [0.3, 0.4) is 0 Å². The summed E-state index contributed by atoms with van der Waals surface area (Å²) in [5, 5.41) is 0.733. The van der Waals surface area contributed by atoms with Crippen molar-refractivity contribution in [3.8, 4) is 0 Å². The van der Waals surface area contributed by atoms with E-state index in [2.05, 4.69) is 23.0 Å². The van der Waals surface area contributed by atoms with Gasteiger partial charge in [0, 0.05) is 25.5 Å². The van der Waals surface area contributed by atoms with Gasteiger partial charge in [0.25, 0.3) is 0 Å². The maximum Gasteiger partial charge on any atom is 0.137 e. The first-order valence-corrected chi connectivity index (χ1v) is 7.59. The highest BCUT2D eigenvalue weighted by Gasteiger charge is 2.25. The first kappa shape index (κ1) is 13.9. The van der Waals surface area contributed by atoms with Gasteiger partial charge in [0.05, 0.1) is 10.7 Å². The SMILES string of the molecule is CC1CCN(Cc2cn3cc(Cl)ccc3n2)CC1CN. The molecule has 1 aliphatic rings. The molecule has 0 aliphatic carbocycles. The minimum atomic E-state index is 0.607. The molecule has 20 heavy (non-hydrogen) atoms. The highest BCUT2D eigenvalue weighted by Crippen LogP contribution is 2.23. The lowest BCUT2D eigenvalue weighted by atomic mass is 9.87. The number of pyridine rings is 1. The van der Waals surface area contributed by atoms with Crippen molar-refractivity contribution < 1.29 is 0 Å². The van der Waals surface area contributed by atoms with E-state index in [-0.39, 0.29) is 0 Å². The van der Waals surface area contributed by atoms with Crippen LogP contribution in [0.2, 0.25) is 5.02 Å². The van der Waals surface area contributed by atoms with Gasteiger partial charge < -0.3 is 10.1 Å². The van der Waals surface area contributed by atoms with Crippen molar-refractivity contribution in [2.24, 2.45) is 17.6 Å². The molecule has 0 aromatic carbocycles. The molecular weight excluding hydrogens is 272 g/mol. The standard InChI is InChI=1S/C15H21ClN4/c1-11-4-5-19(7-12(11)6-17)9-14-10-20-8-13(16)2-3-15(20)18-14/h2-3,8,10-12H,4-7,9,17H2,1H3. The summed E-state index contributed by atoms with van der Waals surface area (Å²) in [6.07, 6.45) is 5.19. The van der Waals surface area contributed by atoms with E-state index in [1.807, 2.05) is 22.7 Å². The minimum absolute atomic E-state index is 0.607. The Labute approximate surface area is 124 Å². The maximum atomic E-state index is 6.00. The Morgan fingerprint density at radius 1 is 1.40 bits per heavy atom. The Balaban J connectivity index is 1.73. The van der Waals surface area contributed by atoms with Gasteiger partial charge in [0.1, 0.15) is 5.65 Å². The predicted octanol–water partition coefficient (Wildman–Crippen LogP) is 2.40. The Morgan fingerprint density at radius 3 is 3.05 bits per heavy atom. The third kappa shape index (κ3) is 2.82.